The van der Waals surface area contributed by atoms with Gasteiger partial charge in [-0.25, -0.2) is 19.2 Å². The number of hydrogen-bond donors (Lipinski definition) is 4. The van der Waals surface area contributed by atoms with E-state index in [1.807, 2.05) is 0 Å². The van der Waals surface area contributed by atoms with Crippen LogP contribution in [0.25, 0.3) is 0 Å². The van der Waals surface area contributed by atoms with Crippen molar-refractivity contribution in [3.63, 3.8) is 0 Å². The fraction of sp³-hybridized carbons (Fsp3) is 0. The molecule has 25 heavy (non-hydrogen) atoms. The normalized spacial score (nSPS) is 9.92. The summed E-state index contributed by atoms with van der Waals surface area (Å²) in [6.07, 6.45) is 0. The molecular formula is C12H4O13. The second-order valence-electron chi connectivity index (χ2n) is 4.05. The van der Waals surface area contributed by atoms with Crippen LogP contribution in [-0.4, -0.2) is 67.4 Å². The average molecular weight is 356 g/mol. The number of carboxylic acid groups (broad SMARTS) is 4. The minimum atomic E-state index is -2.37. The molecule has 0 unspecified atom stereocenters. The fourth-order valence-electron chi connectivity index (χ4n) is 1.59. The zero-order valence-corrected chi connectivity index (χ0v) is 11.5. The maximum atomic E-state index is 11.6. The number of carbonyl (C=O) groups is 8. The number of ketones is 4. The molecule has 0 fully saturated rings. The lowest BCUT2D eigenvalue weighted by Gasteiger charge is -1.99. The van der Waals surface area contributed by atoms with Gasteiger partial charge in [-0.2, -0.15) is 0 Å². The van der Waals surface area contributed by atoms with Crippen LogP contribution in [0.3, 0.4) is 0 Å². The SMILES string of the molecule is O=C(O)C(=O)c1oc(C(=O)C(=O)O)c(C(=O)C(=O)O)c1C(=O)C(=O)O. The lowest BCUT2D eigenvalue weighted by Crippen LogP contribution is -2.25. The van der Waals surface area contributed by atoms with Gasteiger partial charge in [0.1, 0.15) is 0 Å². The summed E-state index contributed by atoms with van der Waals surface area (Å²) in [4.78, 5) is 89.2. The maximum Gasteiger partial charge on any atom is 0.380 e. The Bertz CT molecular complexity index is 811. The van der Waals surface area contributed by atoms with E-state index in [9.17, 15) is 38.4 Å². The van der Waals surface area contributed by atoms with E-state index in [0.29, 0.717) is 0 Å². The Morgan fingerprint density at radius 1 is 0.480 bits per heavy atom. The molecule has 4 N–H and O–H groups in total. The molecule has 0 amide bonds. The van der Waals surface area contributed by atoms with Gasteiger partial charge >= 0.3 is 35.4 Å². The van der Waals surface area contributed by atoms with E-state index in [-0.39, 0.29) is 0 Å². The van der Waals surface area contributed by atoms with Crippen molar-refractivity contribution in [2.24, 2.45) is 0 Å². The highest BCUT2D eigenvalue weighted by atomic mass is 16.4. The number of rotatable bonds is 8. The van der Waals surface area contributed by atoms with Crippen LogP contribution in [-0.2, 0) is 19.2 Å². The maximum absolute atomic E-state index is 11.6. The molecule has 1 aromatic heterocycles. The van der Waals surface area contributed by atoms with Crippen LogP contribution in [0.15, 0.2) is 4.42 Å². The van der Waals surface area contributed by atoms with Crippen LogP contribution in [0.5, 0.6) is 0 Å². The summed E-state index contributed by atoms with van der Waals surface area (Å²) in [6, 6.07) is 0. The third-order valence-corrected chi connectivity index (χ3v) is 2.55. The lowest BCUT2D eigenvalue weighted by atomic mass is 9.97. The van der Waals surface area contributed by atoms with Crippen molar-refractivity contribution < 1.29 is 63.2 Å². The summed E-state index contributed by atoms with van der Waals surface area (Å²) in [6.45, 7) is 0. The summed E-state index contributed by atoms with van der Waals surface area (Å²) in [5.41, 5.74) is -3.31. The Balaban J connectivity index is 4.02. The van der Waals surface area contributed by atoms with E-state index in [4.69, 9.17) is 20.4 Å². The molecule has 0 saturated heterocycles. The smallest absolute Gasteiger partial charge is 0.380 e. The van der Waals surface area contributed by atoms with E-state index in [2.05, 4.69) is 4.42 Å². The van der Waals surface area contributed by atoms with Crippen molar-refractivity contribution in [3.8, 4) is 0 Å². The molecule has 0 aliphatic carbocycles. The highest BCUT2D eigenvalue weighted by Gasteiger charge is 2.42. The van der Waals surface area contributed by atoms with Gasteiger partial charge in [0.25, 0.3) is 11.6 Å². The van der Waals surface area contributed by atoms with Gasteiger partial charge in [-0.1, -0.05) is 0 Å². The van der Waals surface area contributed by atoms with Gasteiger partial charge in [0.2, 0.25) is 0 Å². The predicted molar refractivity (Wildman–Crippen MR) is 66.6 cm³/mol. The van der Waals surface area contributed by atoms with Gasteiger partial charge in [-0.05, 0) is 0 Å². The number of Topliss-reactive ketones (excluding diaryl/α,β-unsaturated/α-hetero) is 4. The quantitative estimate of drug-likeness (QED) is 0.302. The second-order valence-corrected chi connectivity index (χ2v) is 4.05. The van der Waals surface area contributed by atoms with Crippen LogP contribution in [0.4, 0.5) is 0 Å². The van der Waals surface area contributed by atoms with Crippen molar-refractivity contribution in [1.29, 1.82) is 0 Å². The lowest BCUT2D eigenvalue weighted by molar-refractivity contribution is -0.133. The molecule has 0 bridgehead atoms. The minimum absolute atomic E-state index is 1.66. The largest absolute Gasteiger partial charge is 0.475 e. The molecule has 0 aliphatic heterocycles. The molecular weight excluding hydrogens is 352 g/mol. The second kappa shape index (κ2) is 6.53. The van der Waals surface area contributed by atoms with Crippen LogP contribution < -0.4 is 0 Å². The molecule has 1 rings (SSSR count). The molecule has 1 aromatic rings. The first-order valence-corrected chi connectivity index (χ1v) is 5.69. The highest BCUT2D eigenvalue weighted by Crippen LogP contribution is 2.26. The number of carbonyl (C=O) groups excluding carboxylic acids is 4. The Kier molecular flexibility index (Phi) is 4.93. The van der Waals surface area contributed by atoms with Gasteiger partial charge in [-0.15, -0.1) is 0 Å². The zero-order chi connectivity index (χ0) is 19.6. The Labute approximate surface area is 134 Å². The number of furan rings is 1. The molecule has 0 atom stereocenters. The van der Waals surface area contributed by atoms with E-state index < -0.39 is 69.7 Å². The number of hydrogen-bond acceptors (Lipinski definition) is 9. The van der Waals surface area contributed by atoms with Crippen molar-refractivity contribution in [3.05, 3.63) is 22.6 Å². The number of carboxylic acids is 4. The van der Waals surface area contributed by atoms with Crippen LogP contribution >= 0.6 is 0 Å². The standard InChI is InChI=1S/C12H4O13/c13-3(9(17)18)1-2(4(14)10(19)20)8(6(16)12(23)24)25-7(1)5(15)11(21)22/h(H,17,18)(H,19,20)(H,21,22)(H,23,24). The Morgan fingerprint density at radius 2 is 0.720 bits per heavy atom. The molecule has 13 heteroatoms. The fourth-order valence-corrected chi connectivity index (χ4v) is 1.59. The summed E-state index contributed by atoms with van der Waals surface area (Å²) >= 11 is 0. The molecule has 130 valence electrons. The predicted octanol–water partition coefficient (Wildman–Crippen LogP) is -1.65. The molecule has 13 nitrogen and oxygen atoms in total. The van der Waals surface area contributed by atoms with Crippen LogP contribution in [0.2, 0.25) is 0 Å². The average Bonchev–Trinajstić information content (AvgIpc) is 2.90. The number of aliphatic carboxylic acids is 4. The molecule has 0 saturated carbocycles. The first kappa shape index (κ1) is 18.9. The minimum Gasteiger partial charge on any atom is -0.475 e. The van der Waals surface area contributed by atoms with Gasteiger partial charge in [0.05, 0.1) is 11.1 Å². The van der Waals surface area contributed by atoms with Crippen LogP contribution in [0.1, 0.15) is 41.8 Å². The summed E-state index contributed by atoms with van der Waals surface area (Å²) in [7, 11) is 0. The van der Waals surface area contributed by atoms with E-state index >= 15 is 0 Å². The van der Waals surface area contributed by atoms with Gasteiger partial charge in [0.15, 0.2) is 11.5 Å². The van der Waals surface area contributed by atoms with Crippen molar-refractivity contribution >= 4 is 47.0 Å². The first-order chi connectivity index (χ1) is 11.4. The topological polar surface area (TPSA) is 231 Å². The van der Waals surface area contributed by atoms with Crippen molar-refractivity contribution in [1.82, 2.24) is 0 Å². The highest BCUT2D eigenvalue weighted by molar-refractivity contribution is 6.52. The van der Waals surface area contributed by atoms with Gasteiger partial charge in [-0.3, -0.25) is 19.2 Å². The third kappa shape index (κ3) is 3.29. The zero-order valence-electron chi connectivity index (χ0n) is 11.5. The van der Waals surface area contributed by atoms with E-state index in [1.54, 1.807) is 0 Å². The third-order valence-electron chi connectivity index (χ3n) is 2.55. The van der Waals surface area contributed by atoms with Gasteiger partial charge in [0, 0.05) is 0 Å². The monoisotopic (exact) mass is 356 g/mol. The molecule has 0 aliphatic rings. The Morgan fingerprint density at radius 3 is 0.920 bits per heavy atom. The van der Waals surface area contributed by atoms with Crippen LogP contribution in [0, 0.1) is 0 Å². The first-order valence-electron chi connectivity index (χ1n) is 5.69. The Hall–Kier alpha value is -4.16. The summed E-state index contributed by atoms with van der Waals surface area (Å²) < 4.78 is 4.31. The van der Waals surface area contributed by atoms with E-state index in [1.165, 1.54) is 0 Å². The molecule has 0 aromatic carbocycles. The molecule has 0 radical (unpaired) electrons. The van der Waals surface area contributed by atoms with Crippen molar-refractivity contribution in [2.45, 2.75) is 0 Å². The summed E-state index contributed by atoms with van der Waals surface area (Å²) in [5.74, 6) is -21.3. The molecule has 0 spiro atoms. The van der Waals surface area contributed by atoms with Crippen molar-refractivity contribution in [2.75, 3.05) is 0 Å². The van der Waals surface area contributed by atoms with Gasteiger partial charge < -0.3 is 24.8 Å². The summed E-state index contributed by atoms with van der Waals surface area (Å²) in [5, 5.41) is 34.6. The van der Waals surface area contributed by atoms with E-state index in [0.717, 1.165) is 0 Å². The molecule has 1 heterocycles.